The Balaban J connectivity index is 1.39. The molecule has 0 spiro atoms. The maximum atomic E-state index is 7.01. The molecule has 0 aliphatic carbocycles. The zero-order chi connectivity index (χ0) is 41.5. The number of hydrogen-bond donors (Lipinski definition) is 1. The van der Waals surface area contributed by atoms with Crippen LogP contribution in [0.2, 0.25) is 0 Å². The van der Waals surface area contributed by atoms with E-state index in [0.717, 1.165) is 33.4 Å². The molecule has 0 heterocycles. The van der Waals surface area contributed by atoms with E-state index in [9.17, 15) is 0 Å². The van der Waals surface area contributed by atoms with Crippen LogP contribution in [0.15, 0.2) is 168 Å². The van der Waals surface area contributed by atoms with Crippen LogP contribution in [0.25, 0.3) is 33.4 Å². The predicted octanol–water partition coefficient (Wildman–Crippen LogP) is 14.7. The zero-order valence-corrected chi connectivity index (χ0v) is 37.7. The van der Waals surface area contributed by atoms with Crippen LogP contribution in [0.5, 0.6) is 17.2 Å². The molecule has 0 aliphatic rings. The van der Waals surface area contributed by atoms with Crippen molar-refractivity contribution < 1.29 is 27.1 Å². The molecule has 0 bridgehead atoms. The fourth-order valence-corrected chi connectivity index (χ4v) is 12.7. The molecule has 0 saturated heterocycles. The van der Waals surface area contributed by atoms with E-state index < -0.39 is 24.7 Å². The van der Waals surface area contributed by atoms with Crippen LogP contribution in [-0.2, 0) is 13.6 Å². The van der Waals surface area contributed by atoms with Crippen LogP contribution in [0, 0.1) is 17.8 Å². The second-order valence-electron chi connectivity index (χ2n) is 15.4. The first-order chi connectivity index (χ1) is 28.6. The Morgan fingerprint density at radius 3 is 1.34 bits per heavy atom. The second-order valence-corrected chi connectivity index (χ2v) is 20.8. The molecule has 0 amide bonds. The summed E-state index contributed by atoms with van der Waals surface area (Å²) in [5.41, 5.74) is 6.59. The summed E-state index contributed by atoms with van der Waals surface area (Å²) in [5, 5.41) is 0. The zero-order valence-electron chi connectivity index (χ0n) is 34.8. The molecule has 0 saturated carbocycles. The van der Waals surface area contributed by atoms with Gasteiger partial charge in [-0.2, -0.15) is 0 Å². The molecule has 6 aromatic carbocycles. The molecule has 6 rings (SSSR count). The molecular formula is C48H57N2O6P3. The van der Waals surface area contributed by atoms with Gasteiger partial charge in [0.25, 0.3) is 0 Å². The molecule has 0 radical (unpaired) electrons. The van der Waals surface area contributed by atoms with Gasteiger partial charge in [0.2, 0.25) is 0 Å². The van der Waals surface area contributed by atoms with Gasteiger partial charge in [0.15, 0.2) is 0 Å². The molecule has 310 valence electrons. The van der Waals surface area contributed by atoms with Crippen molar-refractivity contribution in [1.82, 2.24) is 4.86 Å². The van der Waals surface area contributed by atoms with Gasteiger partial charge in [-0.1, -0.05) is 0 Å². The SMILES string of the molecule is CC(C)COP(N[PH](N=[PH](OCC(C)C)Oc1ccc(-c2ccccc2)cc1)(OCC(C)C)Oc1ccc(-c2ccccc2)cc1)Oc1ccc(-c2ccccc2)cc1. The Kier molecular flexibility index (Phi) is 16.7. The molecule has 0 fully saturated rings. The molecule has 2 unspecified atom stereocenters. The maximum absolute atomic E-state index is 7.01. The topological polar surface area (TPSA) is 79.8 Å². The van der Waals surface area contributed by atoms with E-state index in [1.165, 1.54) is 0 Å². The van der Waals surface area contributed by atoms with Crippen LogP contribution in [0.3, 0.4) is 0 Å². The summed E-state index contributed by atoms with van der Waals surface area (Å²) in [5.74, 6) is 2.49. The average Bonchev–Trinajstić information content (AvgIpc) is 3.26. The van der Waals surface area contributed by atoms with Gasteiger partial charge in [-0.15, -0.1) is 0 Å². The molecule has 11 heteroatoms. The summed E-state index contributed by atoms with van der Waals surface area (Å²) in [6, 6.07) is 54.8. The second kappa shape index (κ2) is 22.3. The molecule has 0 aromatic heterocycles. The molecule has 1 N–H and O–H groups in total. The van der Waals surface area contributed by atoms with Gasteiger partial charge < -0.3 is 0 Å². The number of rotatable bonds is 21. The van der Waals surface area contributed by atoms with E-state index in [2.05, 4.69) is 82.8 Å². The number of nitrogens with zero attached hydrogens (tertiary/aromatic N) is 1. The fraction of sp³-hybridized carbons (Fsp3) is 0.250. The first-order valence-electron chi connectivity index (χ1n) is 20.2. The third kappa shape index (κ3) is 14.1. The van der Waals surface area contributed by atoms with Gasteiger partial charge in [-0.3, -0.25) is 0 Å². The van der Waals surface area contributed by atoms with Crippen molar-refractivity contribution in [1.29, 1.82) is 0 Å². The summed E-state index contributed by atoms with van der Waals surface area (Å²) in [4.78, 5) is 3.62. The Hall–Kier alpha value is -4.35. The van der Waals surface area contributed by atoms with E-state index in [-0.39, 0.29) is 17.8 Å². The number of hydrogen-bond acceptors (Lipinski definition) is 8. The third-order valence-electron chi connectivity index (χ3n) is 8.68. The molecule has 2 atom stereocenters. The Morgan fingerprint density at radius 2 is 0.898 bits per heavy atom. The average molecular weight is 851 g/mol. The van der Waals surface area contributed by atoms with Crippen LogP contribution >= 0.6 is 24.7 Å². The van der Waals surface area contributed by atoms with Gasteiger partial charge in [0.05, 0.1) is 0 Å². The van der Waals surface area contributed by atoms with Crippen LogP contribution in [0.4, 0.5) is 0 Å². The molecular weight excluding hydrogens is 793 g/mol. The molecule has 59 heavy (non-hydrogen) atoms. The van der Waals surface area contributed by atoms with Gasteiger partial charge in [0, 0.05) is 0 Å². The monoisotopic (exact) mass is 850 g/mol. The minimum atomic E-state index is -3.95. The molecule has 0 aliphatic heterocycles. The van der Waals surface area contributed by atoms with Gasteiger partial charge >= 0.3 is 355 Å². The Bertz CT molecular complexity index is 2160. The third-order valence-corrected chi connectivity index (χ3v) is 15.1. The van der Waals surface area contributed by atoms with Crippen molar-refractivity contribution in [3.05, 3.63) is 164 Å². The molecule has 8 nitrogen and oxygen atoms in total. The van der Waals surface area contributed by atoms with Crippen molar-refractivity contribution in [2.45, 2.75) is 41.5 Å². The summed E-state index contributed by atoms with van der Waals surface area (Å²) in [7, 11) is -8.26. The van der Waals surface area contributed by atoms with Crippen molar-refractivity contribution in [3.8, 4) is 50.6 Å². The van der Waals surface area contributed by atoms with Crippen molar-refractivity contribution in [2.75, 3.05) is 19.8 Å². The Labute approximate surface area is 353 Å². The van der Waals surface area contributed by atoms with Gasteiger partial charge in [-0.05, 0) is 0 Å². The van der Waals surface area contributed by atoms with E-state index in [0.29, 0.717) is 37.1 Å². The predicted molar refractivity (Wildman–Crippen MR) is 249 cm³/mol. The van der Waals surface area contributed by atoms with E-state index in [1.807, 2.05) is 127 Å². The number of nitrogens with one attached hydrogen (secondary N) is 1. The Morgan fingerprint density at radius 1 is 0.492 bits per heavy atom. The minimum absolute atomic E-state index is 0.163. The summed E-state index contributed by atoms with van der Waals surface area (Å²) < 4.78 is 45.6. The first-order valence-corrected chi connectivity index (χ1v) is 24.4. The van der Waals surface area contributed by atoms with E-state index in [4.69, 9.17) is 31.7 Å². The summed E-state index contributed by atoms with van der Waals surface area (Å²) in [6.07, 6.45) is 0. The van der Waals surface area contributed by atoms with E-state index >= 15 is 0 Å². The molecule has 6 aromatic rings. The van der Waals surface area contributed by atoms with Crippen molar-refractivity contribution in [3.63, 3.8) is 0 Å². The van der Waals surface area contributed by atoms with Crippen molar-refractivity contribution >= 4 is 24.7 Å². The van der Waals surface area contributed by atoms with Gasteiger partial charge in [-0.25, -0.2) is 0 Å². The van der Waals surface area contributed by atoms with Gasteiger partial charge in [0.1, 0.15) is 0 Å². The van der Waals surface area contributed by atoms with Crippen LogP contribution < -0.4 is 18.4 Å². The number of benzene rings is 6. The quantitative estimate of drug-likeness (QED) is 0.0723. The van der Waals surface area contributed by atoms with Crippen molar-refractivity contribution in [2.24, 2.45) is 22.3 Å². The standard InChI is InChI=1S/C48H57N2O6P3/c1-37(2)34-51-57(54-46-28-22-43(23-29-46)40-16-10-7-11-17-40)49-59(53-36-39(5)6,56-48-32-26-45(27-33-48)42-20-14-9-15-21-42)50-58(52-35-38(3)4)55-47-30-24-44(25-31-47)41-18-12-8-13-19-41/h7-33,37-39,49,58-59H,34-36H2,1-6H3. The summed E-state index contributed by atoms with van der Waals surface area (Å²) >= 11 is 0. The fourth-order valence-electron chi connectivity index (χ4n) is 5.69. The normalized spacial score (nSPS) is 13.1. The van der Waals surface area contributed by atoms with Crippen LogP contribution in [0.1, 0.15) is 41.5 Å². The van der Waals surface area contributed by atoms with Crippen LogP contribution in [-0.4, -0.2) is 19.8 Å². The van der Waals surface area contributed by atoms with E-state index in [1.54, 1.807) is 0 Å². The summed E-state index contributed by atoms with van der Waals surface area (Å²) in [6.45, 7) is 13.8. The first kappa shape index (κ1) is 44.2.